The topological polar surface area (TPSA) is 104 Å². The van der Waals surface area contributed by atoms with Gasteiger partial charge in [0.25, 0.3) is 0 Å². The van der Waals surface area contributed by atoms with E-state index < -0.39 is 48.9 Å². The van der Waals surface area contributed by atoms with Gasteiger partial charge in [0.2, 0.25) is 0 Å². The zero-order valence-corrected chi connectivity index (χ0v) is 17.1. The molecule has 0 saturated carbocycles. The van der Waals surface area contributed by atoms with Crippen LogP contribution in [0.3, 0.4) is 0 Å². The van der Waals surface area contributed by atoms with Crippen LogP contribution >= 0.6 is 0 Å². The van der Waals surface area contributed by atoms with E-state index in [-0.39, 0.29) is 11.3 Å². The fourth-order valence-electron chi connectivity index (χ4n) is 2.52. The van der Waals surface area contributed by atoms with E-state index in [9.17, 15) is 34.8 Å². The monoisotopic (exact) mass is 466 g/mol. The molecule has 0 heterocycles. The van der Waals surface area contributed by atoms with Crippen LogP contribution in [0, 0.1) is 0 Å². The quantitative estimate of drug-likeness (QED) is 0.335. The van der Waals surface area contributed by atoms with Crippen molar-refractivity contribution in [2.45, 2.75) is 22.7 Å². The molecule has 0 bridgehead atoms. The van der Waals surface area contributed by atoms with Crippen molar-refractivity contribution in [1.82, 2.24) is 0 Å². The third-order valence-corrected chi connectivity index (χ3v) is 6.81. The predicted molar refractivity (Wildman–Crippen MR) is 99.9 cm³/mol. The number of ether oxygens (including phenoxy) is 1. The molecule has 0 amide bonds. The second-order valence-corrected chi connectivity index (χ2v) is 9.70. The second-order valence-electron chi connectivity index (χ2n) is 6.12. The lowest BCUT2D eigenvalue weighted by atomic mass is 9.98. The number of hydrogen-bond acceptors (Lipinski definition) is 7. The van der Waals surface area contributed by atoms with Crippen molar-refractivity contribution in [3.05, 3.63) is 60.2 Å². The smallest absolute Gasteiger partial charge is 0.469 e. The molecule has 0 N–H and O–H groups in total. The predicted octanol–water partition coefficient (Wildman–Crippen LogP) is 3.04. The van der Waals surface area contributed by atoms with Crippen molar-refractivity contribution in [1.29, 1.82) is 0 Å². The summed E-state index contributed by atoms with van der Waals surface area (Å²) in [6, 6.07) is 11.8. The zero-order chi connectivity index (χ0) is 22.6. The molecule has 0 aliphatic carbocycles. The fraction of sp³-hybridized carbons (Fsp3) is 0.278. The van der Waals surface area contributed by atoms with Gasteiger partial charge in [-0.2, -0.15) is 21.6 Å². The number of methoxy groups -OCH3 is 1. The van der Waals surface area contributed by atoms with Crippen molar-refractivity contribution in [3.63, 3.8) is 0 Å². The maximum atomic E-state index is 12.8. The molecule has 2 aromatic carbocycles. The first kappa shape index (κ1) is 23.7. The number of carbonyl (C=O) groups excluding carboxylic acids is 1. The normalized spacial score (nSPS) is 13.5. The molecule has 30 heavy (non-hydrogen) atoms. The molecular weight excluding hydrogens is 449 g/mol. The van der Waals surface area contributed by atoms with E-state index in [0.717, 1.165) is 24.3 Å². The van der Waals surface area contributed by atoms with Gasteiger partial charge >= 0.3 is 21.6 Å². The summed E-state index contributed by atoms with van der Waals surface area (Å²) < 4.78 is 93.2. The number of hydrogen-bond donors (Lipinski definition) is 0. The first-order valence-corrected chi connectivity index (χ1v) is 11.4. The van der Waals surface area contributed by atoms with Gasteiger partial charge in [-0.3, -0.25) is 4.79 Å². The summed E-state index contributed by atoms with van der Waals surface area (Å²) in [6.07, 6.45) is -0.204. The summed E-state index contributed by atoms with van der Waals surface area (Å²) in [4.78, 5) is 11.4. The minimum atomic E-state index is -5.87. The minimum Gasteiger partial charge on any atom is -0.469 e. The van der Waals surface area contributed by atoms with Crippen LogP contribution in [-0.2, 0) is 29.5 Å². The maximum absolute atomic E-state index is 12.8. The Hall–Kier alpha value is -2.60. The number of halogens is 3. The number of rotatable bonds is 8. The Labute approximate surface area is 171 Å². The molecule has 1 unspecified atom stereocenters. The SMILES string of the molecule is COC(=O)CC(CS(=O)(=O)c1ccc(OS(=O)(=O)C(F)(F)F)cc1)c1ccccc1. The molecule has 0 aliphatic rings. The van der Waals surface area contributed by atoms with Gasteiger partial charge in [0, 0.05) is 5.92 Å². The third kappa shape index (κ3) is 5.95. The van der Waals surface area contributed by atoms with Crippen LogP contribution in [0.4, 0.5) is 13.2 Å². The van der Waals surface area contributed by atoms with Crippen LogP contribution in [0.25, 0.3) is 0 Å². The van der Waals surface area contributed by atoms with E-state index in [1.54, 1.807) is 30.3 Å². The lowest BCUT2D eigenvalue weighted by Gasteiger charge is -2.17. The highest BCUT2D eigenvalue weighted by Gasteiger charge is 2.48. The molecule has 12 heteroatoms. The average molecular weight is 466 g/mol. The van der Waals surface area contributed by atoms with Crippen molar-refractivity contribution in [2.75, 3.05) is 12.9 Å². The molecule has 2 rings (SSSR count). The standard InChI is InChI=1S/C18H17F3O7S2/c1-27-17(22)11-14(13-5-3-2-4-6-13)12-29(23,24)16-9-7-15(8-10-16)28-30(25,26)18(19,20)21/h2-10,14H,11-12H2,1H3. The van der Waals surface area contributed by atoms with Crippen molar-refractivity contribution < 1.29 is 43.7 Å². The Morgan fingerprint density at radius 2 is 1.53 bits per heavy atom. The van der Waals surface area contributed by atoms with E-state index in [1.807, 2.05) is 0 Å². The molecule has 164 valence electrons. The Morgan fingerprint density at radius 1 is 0.967 bits per heavy atom. The lowest BCUT2D eigenvalue weighted by Crippen LogP contribution is -2.28. The Bertz CT molecular complexity index is 1080. The van der Waals surface area contributed by atoms with Gasteiger partial charge in [-0.1, -0.05) is 30.3 Å². The summed E-state index contributed by atoms with van der Waals surface area (Å²) in [5, 5.41) is 0. The summed E-state index contributed by atoms with van der Waals surface area (Å²) in [7, 11) is -8.68. The largest absolute Gasteiger partial charge is 0.534 e. The van der Waals surface area contributed by atoms with Crippen LogP contribution in [0.2, 0.25) is 0 Å². The number of alkyl halides is 3. The lowest BCUT2D eigenvalue weighted by molar-refractivity contribution is -0.140. The average Bonchev–Trinajstić information content (AvgIpc) is 2.67. The van der Waals surface area contributed by atoms with Gasteiger partial charge in [0.05, 0.1) is 24.2 Å². The summed E-state index contributed by atoms with van der Waals surface area (Å²) in [5.74, 6) is -2.52. The second kappa shape index (κ2) is 9.04. The van der Waals surface area contributed by atoms with Crippen molar-refractivity contribution >= 4 is 25.9 Å². The highest BCUT2D eigenvalue weighted by Crippen LogP contribution is 2.29. The molecule has 7 nitrogen and oxygen atoms in total. The molecule has 0 spiro atoms. The van der Waals surface area contributed by atoms with Crippen LogP contribution in [0.1, 0.15) is 17.9 Å². The molecule has 0 radical (unpaired) electrons. The van der Waals surface area contributed by atoms with E-state index in [1.165, 1.54) is 7.11 Å². The van der Waals surface area contributed by atoms with E-state index in [0.29, 0.717) is 5.56 Å². The highest BCUT2D eigenvalue weighted by molar-refractivity contribution is 7.91. The molecule has 0 saturated heterocycles. The minimum absolute atomic E-state index is 0.204. The van der Waals surface area contributed by atoms with Gasteiger partial charge in [-0.15, -0.1) is 0 Å². The first-order chi connectivity index (χ1) is 13.9. The number of sulfone groups is 1. The number of carbonyl (C=O) groups is 1. The molecule has 0 aliphatic heterocycles. The van der Waals surface area contributed by atoms with E-state index in [4.69, 9.17) is 0 Å². The summed E-state index contributed by atoms with van der Waals surface area (Å²) >= 11 is 0. The van der Waals surface area contributed by atoms with E-state index in [2.05, 4.69) is 8.92 Å². The molecular formula is C18H17F3O7S2. The van der Waals surface area contributed by atoms with Crippen LogP contribution in [-0.4, -0.2) is 41.2 Å². The summed E-state index contributed by atoms with van der Waals surface area (Å²) in [6.45, 7) is 0. The van der Waals surface area contributed by atoms with Gasteiger partial charge < -0.3 is 8.92 Å². The van der Waals surface area contributed by atoms with Gasteiger partial charge in [0.15, 0.2) is 9.84 Å². The zero-order valence-electron chi connectivity index (χ0n) is 15.5. The molecule has 1 atom stereocenters. The van der Waals surface area contributed by atoms with Crippen LogP contribution < -0.4 is 4.18 Å². The summed E-state index contributed by atoms with van der Waals surface area (Å²) in [5.41, 5.74) is -5.03. The Kier molecular flexibility index (Phi) is 7.14. The van der Waals surface area contributed by atoms with Crippen LogP contribution in [0.5, 0.6) is 5.75 Å². The van der Waals surface area contributed by atoms with Gasteiger partial charge in [0.1, 0.15) is 5.75 Å². The van der Waals surface area contributed by atoms with Gasteiger partial charge in [-0.25, -0.2) is 8.42 Å². The fourth-order valence-corrected chi connectivity index (χ4v) is 4.56. The molecule has 2 aromatic rings. The Balaban J connectivity index is 2.25. The van der Waals surface area contributed by atoms with Crippen molar-refractivity contribution in [3.8, 4) is 5.75 Å². The van der Waals surface area contributed by atoms with Crippen LogP contribution in [0.15, 0.2) is 59.5 Å². The maximum Gasteiger partial charge on any atom is 0.534 e. The van der Waals surface area contributed by atoms with Crippen molar-refractivity contribution in [2.24, 2.45) is 0 Å². The molecule has 0 fully saturated rings. The van der Waals surface area contributed by atoms with Gasteiger partial charge in [-0.05, 0) is 29.8 Å². The number of esters is 1. The Morgan fingerprint density at radius 3 is 2.03 bits per heavy atom. The first-order valence-electron chi connectivity index (χ1n) is 8.31. The van der Waals surface area contributed by atoms with E-state index >= 15 is 0 Å². The molecule has 0 aromatic heterocycles. The highest BCUT2D eigenvalue weighted by atomic mass is 32.2. The third-order valence-electron chi connectivity index (χ3n) is 4.00. The number of benzene rings is 2.